The number of nitrogens with zero attached hydrogens (tertiary/aromatic N) is 2. The van der Waals surface area contributed by atoms with E-state index < -0.39 is 0 Å². The predicted octanol–water partition coefficient (Wildman–Crippen LogP) is 5.73. The second-order valence-electron chi connectivity index (χ2n) is 9.01. The first-order valence-corrected chi connectivity index (χ1v) is 11.2. The van der Waals surface area contributed by atoms with Gasteiger partial charge in [0.15, 0.2) is 0 Å². The topological polar surface area (TPSA) is 37.3 Å². The van der Waals surface area contributed by atoms with Gasteiger partial charge in [-0.15, -0.1) is 0 Å². The van der Waals surface area contributed by atoms with Gasteiger partial charge in [-0.25, -0.2) is 4.79 Å². The second-order valence-corrected chi connectivity index (χ2v) is 9.01. The molecule has 1 aromatic carbocycles. The maximum Gasteiger partial charge on any atom is 0.318 e. The van der Waals surface area contributed by atoms with Gasteiger partial charge in [-0.2, -0.15) is 0 Å². The maximum absolute atomic E-state index is 13.2. The van der Waals surface area contributed by atoms with Crippen LogP contribution >= 0.6 is 0 Å². The molecule has 3 rings (SSSR count). The van der Waals surface area contributed by atoms with E-state index in [1.54, 1.807) is 0 Å². The highest BCUT2D eigenvalue weighted by molar-refractivity contribution is 5.75. The van der Waals surface area contributed by atoms with E-state index in [1.807, 2.05) is 4.90 Å². The fraction of sp³-hybridized carbons (Fsp3) is 0.560. The van der Waals surface area contributed by atoms with Crippen molar-refractivity contribution in [2.45, 2.75) is 85.0 Å². The number of nitrogens with one attached hydrogen (secondary N) is 1. The van der Waals surface area contributed by atoms with Crippen molar-refractivity contribution in [2.75, 3.05) is 0 Å². The Morgan fingerprint density at radius 3 is 2.59 bits per heavy atom. The number of hydrogen-bond acceptors (Lipinski definition) is 1. The predicted molar refractivity (Wildman–Crippen MR) is 120 cm³/mol. The van der Waals surface area contributed by atoms with Crippen LogP contribution in [0.2, 0.25) is 0 Å². The molecule has 0 saturated heterocycles. The Morgan fingerprint density at radius 1 is 1.14 bits per heavy atom. The van der Waals surface area contributed by atoms with Crippen molar-refractivity contribution in [1.29, 1.82) is 0 Å². The van der Waals surface area contributed by atoms with Crippen LogP contribution in [0.4, 0.5) is 4.79 Å². The van der Waals surface area contributed by atoms with E-state index in [0.29, 0.717) is 18.5 Å². The lowest BCUT2D eigenvalue weighted by Crippen LogP contribution is -2.50. The summed E-state index contributed by atoms with van der Waals surface area (Å²) in [5.41, 5.74) is 3.74. The van der Waals surface area contributed by atoms with Gasteiger partial charge in [0.05, 0.1) is 6.54 Å². The summed E-state index contributed by atoms with van der Waals surface area (Å²) in [5.74, 6) is 0.410. The van der Waals surface area contributed by atoms with Crippen molar-refractivity contribution in [1.82, 2.24) is 14.8 Å². The third-order valence-electron chi connectivity index (χ3n) is 6.34. The lowest BCUT2D eigenvalue weighted by Gasteiger charge is -2.34. The van der Waals surface area contributed by atoms with Crippen LogP contribution in [0, 0.1) is 12.8 Å². The lowest BCUT2D eigenvalue weighted by molar-refractivity contribution is 0.150. The molecule has 4 nitrogen and oxygen atoms in total. The SMILES string of the molecule is Cc1cccc(Cn2cccc2CN(C(=O)NC2CCCCC2)[C@H](C)C(C)C)c1. The summed E-state index contributed by atoms with van der Waals surface area (Å²) in [4.78, 5) is 15.2. The van der Waals surface area contributed by atoms with E-state index in [4.69, 9.17) is 0 Å². The monoisotopic (exact) mass is 395 g/mol. The van der Waals surface area contributed by atoms with E-state index in [9.17, 15) is 4.79 Å². The van der Waals surface area contributed by atoms with Crippen LogP contribution in [0.5, 0.6) is 0 Å². The zero-order valence-corrected chi connectivity index (χ0v) is 18.5. The summed E-state index contributed by atoms with van der Waals surface area (Å²) < 4.78 is 2.27. The van der Waals surface area contributed by atoms with Gasteiger partial charge in [-0.05, 0) is 50.3 Å². The Hall–Kier alpha value is -2.23. The Labute approximate surface area is 176 Å². The molecule has 1 atom stereocenters. The van der Waals surface area contributed by atoms with E-state index >= 15 is 0 Å². The highest BCUT2D eigenvalue weighted by Crippen LogP contribution is 2.20. The van der Waals surface area contributed by atoms with Crippen LogP contribution in [-0.2, 0) is 13.1 Å². The van der Waals surface area contributed by atoms with Crippen LogP contribution in [0.15, 0.2) is 42.6 Å². The number of aryl methyl sites for hydroxylation is 1. The molecule has 158 valence electrons. The third kappa shape index (κ3) is 5.88. The van der Waals surface area contributed by atoms with Gasteiger partial charge in [-0.1, -0.05) is 62.9 Å². The van der Waals surface area contributed by atoms with Crippen molar-refractivity contribution in [3.05, 3.63) is 59.4 Å². The molecule has 0 radical (unpaired) electrons. The molecule has 0 spiro atoms. The number of aromatic nitrogens is 1. The minimum atomic E-state index is 0.0846. The number of amides is 2. The van der Waals surface area contributed by atoms with E-state index in [0.717, 1.165) is 19.4 Å². The number of rotatable bonds is 7. The summed E-state index contributed by atoms with van der Waals surface area (Å²) in [5, 5.41) is 3.32. The van der Waals surface area contributed by atoms with Gasteiger partial charge in [0.1, 0.15) is 0 Å². The number of carbonyl (C=O) groups is 1. The molecule has 0 unspecified atom stereocenters. The van der Waals surface area contributed by atoms with E-state index in [2.05, 4.69) is 80.2 Å². The van der Waals surface area contributed by atoms with E-state index in [1.165, 1.54) is 36.1 Å². The standard InChI is InChI=1S/C25H37N3O/c1-19(2)21(4)28(25(29)26-23-12-6-5-7-13-23)18-24-14-9-15-27(24)17-22-11-8-10-20(3)16-22/h8-11,14-16,19,21,23H,5-7,12-13,17-18H2,1-4H3,(H,26,29)/t21-/m1/s1. The van der Waals surface area contributed by atoms with Crippen LogP contribution in [0.1, 0.15) is 69.7 Å². The molecule has 4 heteroatoms. The van der Waals surface area contributed by atoms with Gasteiger partial charge in [0, 0.05) is 30.5 Å². The summed E-state index contributed by atoms with van der Waals surface area (Å²) in [6, 6.07) is 13.5. The summed E-state index contributed by atoms with van der Waals surface area (Å²) >= 11 is 0. The quantitative estimate of drug-likeness (QED) is 0.638. The molecule has 1 heterocycles. The van der Waals surface area contributed by atoms with Gasteiger partial charge in [0.2, 0.25) is 0 Å². The van der Waals surface area contributed by atoms with Crippen molar-refractivity contribution in [3.8, 4) is 0 Å². The van der Waals surface area contributed by atoms with Gasteiger partial charge >= 0.3 is 6.03 Å². The number of carbonyl (C=O) groups excluding carboxylic acids is 1. The molecule has 0 bridgehead atoms. The summed E-state index contributed by atoms with van der Waals surface area (Å²) in [7, 11) is 0. The normalized spacial score (nSPS) is 16.0. The van der Waals surface area contributed by atoms with Crippen LogP contribution in [0.3, 0.4) is 0 Å². The zero-order valence-electron chi connectivity index (χ0n) is 18.5. The maximum atomic E-state index is 13.2. The minimum Gasteiger partial charge on any atom is -0.345 e. The lowest BCUT2D eigenvalue weighted by atomic mass is 9.95. The average molecular weight is 396 g/mol. The van der Waals surface area contributed by atoms with Gasteiger partial charge in [0.25, 0.3) is 0 Å². The molecule has 1 N–H and O–H groups in total. The average Bonchev–Trinajstić information content (AvgIpc) is 3.13. The summed E-state index contributed by atoms with van der Waals surface area (Å²) in [6.45, 7) is 10.1. The summed E-state index contributed by atoms with van der Waals surface area (Å²) in [6.07, 6.45) is 8.09. The van der Waals surface area contributed by atoms with Crippen LogP contribution < -0.4 is 5.32 Å². The van der Waals surface area contributed by atoms with Crippen LogP contribution in [0.25, 0.3) is 0 Å². The molecule has 1 saturated carbocycles. The molecule has 1 fully saturated rings. The minimum absolute atomic E-state index is 0.0846. The molecule has 0 aliphatic heterocycles. The number of urea groups is 1. The first-order valence-electron chi connectivity index (χ1n) is 11.2. The van der Waals surface area contributed by atoms with Crippen molar-refractivity contribution < 1.29 is 4.79 Å². The van der Waals surface area contributed by atoms with E-state index in [-0.39, 0.29) is 12.1 Å². The highest BCUT2D eigenvalue weighted by Gasteiger charge is 2.26. The van der Waals surface area contributed by atoms with Gasteiger partial charge < -0.3 is 14.8 Å². The number of benzene rings is 1. The van der Waals surface area contributed by atoms with Crippen molar-refractivity contribution in [2.24, 2.45) is 5.92 Å². The second kappa shape index (κ2) is 10.00. The Balaban J connectivity index is 1.74. The van der Waals surface area contributed by atoms with Gasteiger partial charge in [-0.3, -0.25) is 0 Å². The Morgan fingerprint density at radius 2 is 1.90 bits per heavy atom. The first kappa shape index (κ1) is 21.5. The largest absolute Gasteiger partial charge is 0.345 e. The third-order valence-corrected chi connectivity index (χ3v) is 6.34. The van der Waals surface area contributed by atoms with Crippen molar-refractivity contribution in [3.63, 3.8) is 0 Å². The Bertz CT molecular complexity index is 789. The molecule has 2 aromatic rings. The Kier molecular flexibility index (Phi) is 7.40. The van der Waals surface area contributed by atoms with Crippen LogP contribution in [-0.4, -0.2) is 27.6 Å². The fourth-order valence-corrected chi connectivity index (χ4v) is 4.19. The molecule has 29 heavy (non-hydrogen) atoms. The molecular weight excluding hydrogens is 358 g/mol. The first-order chi connectivity index (χ1) is 13.9. The molecular formula is C25H37N3O. The van der Waals surface area contributed by atoms with Crippen molar-refractivity contribution >= 4 is 6.03 Å². The molecule has 1 aliphatic rings. The fourth-order valence-electron chi connectivity index (χ4n) is 4.19. The number of hydrogen-bond donors (Lipinski definition) is 1. The smallest absolute Gasteiger partial charge is 0.318 e. The molecule has 1 aromatic heterocycles. The molecule has 1 aliphatic carbocycles. The molecule has 2 amide bonds. The highest BCUT2D eigenvalue weighted by atomic mass is 16.2. The zero-order chi connectivity index (χ0) is 20.8.